The first kappa shape index (κ1) is 24.4. The maximum absolute atomic E-state index is 12.6. The summed E-state index contributed by atoms with van der Waals surface area (Å²) in [6.07, 6.45) is 2.51. The summed E-state index contributed by atoms with van der Waals surface area (Å²) in [7, 11) is 0. The van der Waals surface area contributed by atoms with Gasteiger partial charge in [-0.15, -0.1) is 0 Å². The molecule has 2 aliphatic heterocycles. The van der Waals surface area contributed by atoms with Gasteiger partial charge in [0.2, 0.25) is 5.91 Å². The molecule has 3 amide bonds. The van der Waals surface area contributed by atoms with Gasteiger partial charge in [-0.1, -0.05) is 12.1 Å². The number of piperidine rings is 1. The molecule has 7 heteroatoms. The molecule has 1 N–H and O–H groups in total. The zero-order valence-electron chi connectivity index (χ0n) is 20.2. The molecule has 0 atom stereocenters. The van der Waals surface area contributed by atoms with Crippen LogP contribution in [0.25, 0.3) is 0 Å². The Morgan fingerprint density at radius 3 is 2.34 bits per heavy atom. The third-order valence-corrected chi connectivity index (χ3v) is 6.86. The van der Waals surface area contributed by atoms with E-state index in [4.69, 9.17) is 0 Å². The number of rotatable bonds is 8. The van der Waals surface area contributed by atoms with E-state index in [1.54, 1.807) is 0 Å². The minimum absolute atomic E-state index is 0.0358. The van der Waals surface area contributed by atoms with Crippen LogP contribution in [0.3, 0.4) is 0 Å². The van der Waals surface area contributed by atoms with Crippen molar-refractivity contribution in [2.24, 2.45) is 5.92 Å². The molecule has 178 valence electrons. The summed E-state index contributed by atoms with van der Waals surface area (Å²) in [5, 5.41) is 3.13. The fourth-order valence-electron chi connectivity index (χ4n) is 4.74. The summed E-state index contributed by atoms with van der Waals surface area (Å²) in [5.74, 6) is 0.192. The highest BCUT2D eigenvalue weighted by atomic mass is 16.2. The van der Waals surface area contributed by atoms with Crippen LogP contribution in [0.5, 0.6) is 0 Å². The molecular formula is C25H41N5O2. The number of nitrogens with zero attached hydrogens (tertiary/aromatic N) is 4. The van der Waals surface area contributed by atoms with Gasteiger partial charge in [0.05, 0.1) is 0 Å². The summed E-state index contributed by atoms with van der Waals surface area (Å²) < 4.78 is 0. The standard InChI is InChI=1S/C25H41N5O2/c1-4-28(5-2)25(32)30-14-10-22(11-15-30)24(31)26-12-7-13-27-16-18-29(19-17-27)23-9-6-8-21(3)20-23/h6,8-9,20,22H,4-5,7,10-19H2,1-3H3,(H,26,31). The smallest absolute Gasteiger partial charge is 0.319 e. The van der Waals surface area contributed by atoms with Crippen molar-refractivity contribution in [3.8, 4) is 0 Å². The molecule has 0 spiro atoms. The lowest BCUT2D eigenvalue weighted by Crippen LogP contribution is -2.48. The minimum atomic E-state index is 0.0358. The Balaban J connectivity index is 1.29. The van der Waals surface area contributed by atoms with Gasteiger partial charge in [0.1, 0.15) is 0 Å². The normalized spacial score (nSPS) is 18.0. The number of carbonyl (C=O) groups is 2. The van der Waals surface area contributed by atoms with Crippen LogP contribution in [0.15, 0.2) is 24.3 Å². The van der Waals surface area contributed by atoms with Gasteiger partial charge >= 0.3 is 6.03 Å². The van der Waals surface area contributed by atoms with Crippen molar-refractivity contribution in [2.45, 2.75) is 40.0 Å². The van der Waals surface area contributed by atoms with Crippen molar-refractivity contribution in [1.82, 2.24) is 20.0 Å². The molecule has 2 fully saturated rings. The van der Waals surface area contributed by atoms with Crippen LogP contribution in [0.1, 0.15) is 38.7 Å². The Labute approximate surface area is 193 Å². The predicted octanol–water partition coefficient (Wildman–Crippen LogP) is 2.80. The van der Waals surface area contributed by atoms with E-state index in [2.05, 4.69) is 46.3 Å². The fourth-order valence-corrected chi connectivity index (χ4v) is 4.74. The highest BCUT2D eigenvalue weighted by Gasteiger charge is 2.28. The van der Waals surface area contributed by atoms with Crippen molar-refractivity contribution in [3.63, 3.8) is 0 Å². The van der Waals surface area contributed by atoms with Gasteiger partial charge in [-0.2, -0.15) is 0 Å². The monoisotopic (exact) mass is 443 g/mol. The van der Waals surface area contributed by atoms with E-state index in [9.17, 15) is 9.59 Å². The first-order chi connectivity index (χ1) is 15.5. The van der Waals surface area contributed by atoms with Crippen molar-refractivity contribution in [2.75, 3.05) is 70.3 Å². The molecule has 0 saturated carbocycles. The predicted molar refractivity (Wildman–Crippen MR) is 130 cm³/mol. The lowest BCUT2D eigenvalue weighted by atomic mass is 9.96. The molecule has 32 heavy (non-hydrogen) atoms. The first-order valence-electron chi connectivity index (χ1n) is 12.4. The number of amides is 3. The Morgan fingerprint density at radius 1 is 1.03 bits per heavy atom. The van der Waals surface area contributed by atoms with Crippen molar-refractivity contribution >= 4 is 17.6 Å². The second-order valence-corrected chi connectivity index (χ2v) is 9.03. The Morgan fingerprint density at radius 2 is 1.72 bits per heavy atom. The highest BCUT2D eigenvalue weighted by Crippen LogP contribution is 2.19. The molecule has 1 aromatic rings. The molecule has 0 bridgehead atoms. The summed E-state index contributed by atoms with van der Waals surface area (Å²) in [5.41, 5.74) is 2.63. The number of benzene rings is 1. The van der Waals surface area contributed by atoms with Crippen LogP contribution in [0.4, 0.5) is 10.5 Å². The van der Waals surface area contributed by atoms with E-state index < -0.39 is 0 Å². The van der Waals surface area contributed by atoms with E-state index >= 15 is 0 Å². The zero-order valence-corrected chi connectivity index (χ0v) is 20.2. The number of piperazine rings is 1. The van der Waals surface area contributed by atoms with Crippen LogP contribution >= 0.6 is 0 Å². The number of hydrogen-bond donors (Lipinski definition) is 1. The number of nitrogens with one attached hydrogen (secondary N) is 1. The van der Waals surface area contributed by atoms with E-state index in [1.165, 1.54) is 11.3 Å². The summed E-state index contributed by atoms with van der Waals surface area (Å²) in [4.78, 5) is 33.7. The van der Waals surface area contributed by atoms with Gasteiger partial charge in [-0.05, 0) is 64.3 Å². The summed E-state index contributed by atoms with van der Waals surface area (Å²) in [6, 6.07) is 8.84. The Hall–Kier alpha value is -2.28. The van der Waals surface area contributed by atoms with E-state index in [-0.39, 0.29) is 17.9 Å². The number of likely N-dealkylation sites (tertiary alicyclic amines) is 1. The maximum Gasteiger partial charge on any atom is 0.319 e. The van der Waals surface area contributed by atoms with Crippen LogP contribution in [-0.2, 0) is 4.79 Å². The molecule has 1 aromatic carbocycles. The molecule has 2 aliphatic rings. The Kier molecular flexibility index (Phi) is 9.21. The number of aryl methyl sites for hydroxylation is 1. The second-order valence-electron chi connectivity index (χ2n) is 9.03. The fraction of sp³-hybridized carbons (Fsp3) is 0.680. The highest BCUT2D eigenvalue weighted by molar-refractivity contribution is 5.79. The van der Waals surface area contributed by atoms with Crippen LogP contribution in [-0.4, -0.2) is 92.1 Å². The molecule has 2 saturated heterocycles. The number of carbonyl (C=O) groups excluding carboxylic acids is 2. The molecule has 2 heterocycles. The molecule has 7 nitrogen and oxygen atoms in total. The van der Waals surface area contributed by atoms with Gasteiger partial charge in [-0.25, -0.2) is 4.79 Å². The zero-order chi connectivity index (χ0) is 22.9. The average Bonchev–Trinajstić information content (AvgIpc) is 2.83. The summed E-state index contributed by atoms with van der Waals surface area (Å²) >= 11 is 0. The van der Waals surface area contributed by atoms with E-state index in [0.29, 0.717) is 13.1 Å². The molecule has 0 unspecified atom stereocenters. The quantitative estimate of drug-likeness (QED) is 0.628. The first-order valence-corrected chi connectivity index (χ1v) is 12.4. The SMILES string of the molecule is CCN(CC)C(=O)N1CCC(C(=O)NCCCN2CCN(c3cccc(C)c3)CC2)CC1. The molecule has 0 aliphatic carbocycles. The van der Waals surface area contributed by atoms with Gasteiger partial charge in [-0.3, -0.25) is 9.69 Å². The topological polar surface area (TPSA) is 59.1 Å². The molecule has 3 rings (SSSR count). The van der Waals surface area contributed by atoms with Gasteiger partial charge < -0.3 is 20.0 Å². The largest absolute Gasteiger partial charge is 0.369 e. The number of hydrogen-bond acceptors (Lipinski definition) is 4. The van der Waals surface area contributed by atoms with Crippen LogP contribution < -0.4 is 10.2 Å². The van der Waals surface area contributed by atoms with Crippen molar-refractivity contribution in [3.05, 3.63) is 29.8 Å². The van der Waals surface area contributed by atoms with Gasteiger partial charge in [0.15, 0.2) is 0 Å². The van der Waals surface area contributed by atoms with Crippen molar-refractivity contribution < 1.29 is 9.59 Å². The number of urea groups is 1. The van der Waals surface area contributed by atoms with Crippen LogP contribution in [0.2, 0.25) is 0 Å². The van der Waals surface area contributed by atoms with Gasteiger partial charge in [0, 0.05) is 70.5 Å². The van der Waals surface area contributed by atoms with E-state index in [1.807, 2.05) is 23.6 Å². The van der Waals surface area contributed by atoms with Crippen LogP contribution in [0, 0.1) is 12.8 Å². The minimum Gasteiger partial charge on any atom is -0.369 e. The van der Waals surface area contributed by atoms with Crippen molar-refractivity contribution in [1.29, 1.82) is 0 Å². The molecule has 0 aromatic heterocycles. The lowest BCUT2D eigenvalue weighted by molar-refractivity contribution is -0.126. The molecular weight excluding hydrogens is 402 g/mol. The maximum atomic E-state index is 12.6. The Bertz CT molecular complexity index is 736. The third-order valence-electron chi connectivity index (χ3n) is 6.86. The lowest BCUT2D eigenvalue weighted by Gasteiger charge is -2.36. The van der Waals surface area contributed by atoms with E-state index in [0.717, 1.165) is 71.6 Å². The second kappa shape index (κ2) is 12.1. The summed E-state index contributed by atoms with van der Waals surface area (Å²) in [6.45, 7) is 15.0. The average molecular weight is 444 g/mol. The number of anilines is 1. The third kappa shape index (κ3) is 6.61. The van der Waals surface area contributed by atoms with Gasteiger partial charge in [0.25, 0.3) is 0 Å². The molecule has 0 radical (unpaired) electrons.